The fourth-order valence-electron chi connectivity index (χ4n) is 0.794. The number of hydrogen-bond acceptors (Lipinski definition) is 3. The van der Waals surface area contributed by atoms with Crippen LogP contribution in [0.5, 0.6) is 0 Å². The Balaban J connectivity index is 0. The van der Waals surface area contributed by atoms with E-state index >= 15 is 0 Å². The van der Waals surface area contributed by atoms with E-state index in [9.17, 15) is 0 Å². The highest BCUT2D eigenvalue weighted by Crippen LogP contribution is 2.00. The lowest BCUT2D eigenvalue weighted by molar-refractivity contribution is 0.308. The lowest BCUT2D eigenvalue weighted by Gasteiger charge is -2.14. The Morgan fingerprint density at radius 1 is 1.40 bits per heavy atom. The molecule has 1 aliphatic heterocycles. The third kappa shape index (κ3) is 3.08. The van der Waals surface area contributed by atoms with Gasteiger partial charge in [-0.25, -0.2) is 0 Å². The third-order valence-electron chi connectivity index (χ3n) is 1.34. The Morgan fingerprint density at radius 3 is 2.20 bits per heavy atom. The van der Waals surface area contributed by atoms with Gasteiger partial charge in [-0.2, -0.15) is 0 Å². The Morgan fingerprint density at radius 2 is 2.00 bits per heavy atom. The van der Waals surface area contributed by atoms with Crippen molar-refractivity contribution < 1.29 is 0 Å². The quantitative estimate of drug-likeness (QED) is 0.711. The van der Waals surface area contributed by atoms with E-state index in [4.69, 9.17) is 0 Å². The van der Waals surface area contributed by atoms with Crippen molar-refractivity contribution in [1.82, 2.24) is 16.0 Å². The van der Waals surface area contributed by atoms with Gasteiger partial charge in [-0.15, -0.1) is 17.0 Å². The minimum Gasteiger partial charge on any atom is -0.362 e. The Kier molecular flexibility index (Phi) is 6.92. The van der Waals surface area contributed by atoms with E-state index < -0.39 is 0 Å². The van der Waals surface area contributed by atoms with Gasteiger partial charge in [-0.05, 0) is 6.92 Å². The minimum absolute atomic E-state index is 0. The fraction of sp³-hybridized carbons (Fsp3) is 0.667. The van der Waals surface area contributed by atoms with Crippen LogP contribution in [0.3, 0.4) is 0 Å². The summed E-state index contributed by atoms with van der Waals surface area (Å²) in [7, 11) is 2.08. The van der Waals surface area contributed by atoms with Gasteiger partial charge in [0, 0.05) is 26.0 Å². The molecule has 0 spiro atoms. The molecule has 1 heterocycles. The van der Waals surface area contributed by atoms with Gasteiger partial charge in [0.1, 0.15) is 0 Å². The van der Waals surface area contributed by atoms with E-state index in [1.807, 2.05) is 0 Å². The summed E-state index contributed by atoms with van der Waals surface area (Å²) < 4.78 is 0. The van der Waals surface area contributed by atoms with Crippen molar-refractivity contribution in [2.24, 2.45) is 0 Å². The lowest BCUT2D eigenvalue weighted by atomic mass is 10.6. The molecule has 0 bridgehead atoms. The summed E-state index contributed by atoms with van der Waals surface area (Å²) in [5.41, 5.74) is 0. The highest BCUT2D eigenvalue weighted by molar-refractivity contribution is 8.93. The third-order valence-corrected chi connectivity index (χ3v) is 1.34. The number of halogens is 1. The smallest absolute Gasteiger partial charge is 0.0890 e. The van der Waals surface area contributed by atoms with Crippen LogP contribution in [-0.4, -0.2) is 30.1 Å². The van der Waals surface area contributed by atoms with Gasteiger partial charge in [0.05, 0.1) is 6.67 Å². The molecule has 0 aliphatic carbocycles. The van der Waals surface area contributed by atoms with Crippen LogP contribution in [0, 0.1) is 0 Å². The molecule has 0 aromatic carbocycles. The standard InChI is InChI=1S/C6H12N2.BrH.H3N/c1-3-8-5-4-7(2)6-8;;/h4-5H,3,6H2,1-2H3;1H;1H3. The molecule has 3 N–H and O–H groups in total. The molecule has 0 atom stereocenters. The van der Waals surface area contributed by atoms with Crippen molar-refractivity contribution in [3.63, 3.8) is 0 Å². The maximum absolute atomic E-state index is 2.25. The van der Waals surface area contributed by atoms with Gasteiger partial charge in [-0.3, -0.25) is 0 Å². The SMILES string of the molecule is Br.CCN1C=CN(C)C1.N. The van der Waals surface area contributed by atoms with Gasteiger partial charge in [0.2, 0.25) is 0 Å². The summed E-state index contributed by atoms with van der Waals surface area (Å²) >= 11 is 0. The summed E-state index contributed by atoms with van der Waals surface area (Å²) in [6, 6.07) is 0. The molecule has 0 aromatic rings. The summed E-state index contributed by atoms with van der Waals surface area (Å²) in [5, 5.41) is 0. The predicted octanol–water partition coefficient (Wildman–Crippen LogP) is 1.42. The van der Waals surface area contributed by atoms with Crippen molar-refractivity contribution in [3.8, 4) is 0 Å². The summed E-state index contributed by atoms with van der Waals surface area (Å²) in [5.74, 6) is 0. The average Bonchev–Trinajstić information content (AvgIpc) is 2.14. The zero-order valence-corrected chi connectivity index (χ0v) is 8.29. The molecule has 1 rings (SSSR count). The molecular formula is C6H16BrN3. The normalized spacial score (nSPS) is 14.6. The van der Waals surface area contributed by atoms with Crippen molar-refractivity contribution in [2.75, 3.05) is 20.3 Å². The first-order chi connectivity index (χ1) is 3.83. The van der Waals surface area contributed by atoms with Crippen molar-refractivity contribution in [2.45, 2.75) is 6.92 Å². The van der Waals surface area contributed by atoms with Crippen molar-refractivity contribution >= 4 is 17.0 Å². The largest absolute Gasteiger partial charge is 0.362 e. The van der Waals surface area contributed by atoms with E-state index in [1.165, 1.54) is 0 Å². The van der Waals surface area contributed by atoms with Gasteiger partial charge < -0.3 is 16.0 Å². The Hall–Kier alpha value is -0.220. The zero-order valence-electron chi connectivity index (χ0n) is 6.58. The first-order valence-corrected chi connectivity index (χ1v) is 2.95. The number of nitrogens with zero attached hydrogens (tertiary/aromatic N) is 2. The van der Waals surface area contributed by atoms with E-state index in [0.717, 1.165) is 13.2 Å². The van der Waals surface area contributed by atoms with Gasteiger partial charge >= 0.3 is 0 Å². The molecule has 62 valence electrons. The molecule has 0 saturated heterocycles. The fourth-order valence-corrected chi connectivity index (χ4v) is 0.794. The zero-order chi connectivity index (χ0) is 5.98. The van der Waals surface area contributed by atoms with Crippen LogP contribution >= 0.6 is 17.0 Å². The average molecular weight is 210 g/mol. The maximum Gasteiger partial charge on any atom is 0.0890 e. The molecule has 0 amide bonds. The summed E-state index contributed by atoms with van der Waals surface area (Å²) in [6.07, 6.45) is 4.20. The van der Waals surface area contributed by atoms with Crippen LogP contribution in [-0.2, 0) is 0 Å². The predicted molar refractivity (Wildman–Crippen MR) is 49.5 cm³/mol. The monoisotopic (exact) mass is 209 g/mol. The van der Waals surface area contributed by atoms with Gasteiger partial charge in [0.25, 0.3) is 0 Å². The summed E-state index contributed by atoms with van der Waals surface area (Å²) in [4.78, 5) is 4.41. The van der Waals surface area contributed by atoms with Crippen LogP contribution in [0.4, 0.5) is 0 Å². The second kappa shape index (κ2) is 5.56. The second-order valence-electron chi connectivity index (χ2n) is 2.10. The molecule has 4 heteroatoms. The highest BCUT2D eigenvalue weighted by Gasteiger charge is 2.03. The minimum atomic E-state index is 0. The van der Waals surface area contributed by atoms with Gasteiger partial charge in [-0.1, -0.05) is 0 Å². The molecular weight excluding hydrogens is 194 g/mol. The maximum atomic E-state index is 2.25. The van der Waals surface area contributed by atoms with E-state index in [2.05, 4.69) is 36.2 Å². The second-order valence-corrected chi connectivity index (χ2v) is 2.10. The van der Waals surface area contributed by atoms with Crippen LogP contribution in [0.15, 0.2) is 12.4 Å². The van der Waals surface area contributed by atoms with Crippen molar-refractivity contribution in [3.05, 3.63) is 12.4 Å². The Labute approximate surface area is 73.0 Å². The van der Waals surface area contributed by atoms with Gasteiger partial charge in [0.15, 0.2) is 0 Å². The molecule has 10 heavy (non-hydrogen) atoms. The topological polar surface area (TPSA) is 41.5 Å². The van der Waals surface area contributed by atoms with Crippen LogP contribution < -0.4 is 6.15 Å². The Bertz CT molecular complexity index is 105. The van der Waals surface area contributed by atoms with E-state index in [0.29, 0.717) is 0 Å². The van der Waals surface area contributed by atoms with Crippen LogP contribution in [0.2, 0.25) is 0 Å². The van der Waals surface area contributed by atoms with Crippen LogP contribution in [0.25, 0.3) is 0 Å². The highest BCUT2D eigenvalue weighted by atomic mass is 79.9. The molecule has 0 radical (unpaired) electrons. The number of rotatable bonds is 1. The first kappa shape index (κ1) is 12.5. The summed E-state index contributed by atoms with van der Waals surface area (Å²) in [6.45, 7) is 4.32. The molecule has 0 unspecified atom stereocenters. The molecule has 0 aromatic heterocycles. The van der Waals surface area contributed by atoms with E-state index in [-0.39, 0.29) is 23.1 Å². The molecule has 3 nitrogen and oxygen atoms in total. The van der Waals surface area contributed by atoms with Crippen molar-refractivity contribution in [1.29, 1.82) is 0 Å². The molecule has 0 fully saturated rings. The number of hydrogen-bond donors (Lipinski definition) is 1. The first-order valence-electron chi connectivity index (χ1n) is 2.95. The molecule has 0 saturated carbocycles. The van der Waals surface area contributed by atoms with Crippen LogP contribution in [0.1, 0.15) is 6.92 Å². The molecule has 1 aliphatic rings. The lowest BCUT2D eigenvalue weighted by Crippen LogP contribution is -2.21. The van der Waals surface area contributed by atoms with E-state index in [1.54, 1.807) is 0 Å².